The summed E-state index contributed by atoms with van der Waals surface area (Å²) in [6.45, 7) is 3.34. The molecule has 2 heterocycles. The van der Waals surface area contributed by atoms with Gasteiger partial charge in [-0.05, 0) is 12.8 Å². The Morgan fingerprint density at radius 2 is 1.88 bits per heavy atom. The Morgan fingerprint density at radius 1 is 1.25 bits per heavy atom. The first-order valence-electron chi connectivity index (χ1n) is 5.53. The monoisotopic (exact) mass is 247 g/mol. The van der Waals surface area contributed by atoms with Gasteiger partial charge >= 0.3 is 0 Å². The number of carbonyl (C=O) groups excluding carboxylic acids is 2. The van der Waals surface area contributed by atoms with E-state index in [4.69, 9.17) is 0 Å². The third kappa shape index (κ3) is 3.09. The molecule has 2 fully saturated rings. The van der Waals surface area contributed by atoms with Crippen molar-refractivity contribution in [1.82, 2.24) is 15.5 Å². The van der Waals surface area contributed by atoms with Crippen molar-refractivity contribution in [2.75, 3.05) is 32.7 Å². The molecule has 2 saturated heterocycles. The fraction of sp³-hybridized carbons (Fsp3) is 0.800. The Kier molecular flexibility index (Phi) is 5.02. The average molecular weight is 248 g/mol. The Labute approximate surface area is 101 Å². The van der Waals surface area contributed by atoms with E-state index in [2.05, 4.69) is 10.6 Å². The zero-order chi connectivity index (χ0) is 10.7. The van der Waals surface area contributed by atoms with Crippen molar-refractivity contribution in [2.45, 2.75) is 12.8 Å². The average Bonchev–Trinajstić information content (AvgIpc) is 2.63. The molecule has 2 N–H and O–H groups in total. The van der Waals surface area contributed by atoms with Gasteiger partial charge in [-0.25, -0.2) is 0 Å². The summed E-state index contributed by atoms with van der Waals surface area (Å²) >= 11 is 0. The molecule has 5 nitrogen and oxygen atoms in total. The molecule has 0 saturated carbocycles. The lowest BCUT2D eigenvalue weighted by atomic mass is 10.0. The van der Waals surface area contributed by atoms with Gasteiger partial charge in [0.1, 0.15) is 0 Å². The van der Waals surface area contributed by atoms with Gasteiger partial charge in [0.05, 0.1) is 12.5 Å². The van der Waals surface area contributed by atoms with E-state index < -0.39 is 0 Å². The number of hydrogen-bond donors (Lipinski definition) is 2. The van der Waals surface area contributed by atoms with Crippen molar-refractivity contribution >= 4 is 24.2 Å². The molecular weight excluding hydrogens is 230 g/mol. The topological polar surface area (TPSA) is 61.4 Å². The van der Waals surface area contributed by atoms with E-state index in [1.165, 1.54) is 0 Å². The van der Waals surface area contributed by atoms with Gasteiger partial charge in [-0.2, -0.15) is 0 Å². The van der Waals surface area contributed by atoms with Gasteiger partial charge in [0.15, 0.2) is 0 Å². The first-order valence-corrected chi connectivity index (χ1v) is 5.53. The van der Waals surface area contributed by atoms with Crippen LogP contribution in [0.3, 0.4) is 0 Å². The number of rotatable bonds is 3. The van der Waals surface area contributed by atoms with Crippen LogP contribution in [-0.2, 0) is 9.59 Å². The van der Waals surface area contributed by atoms with Crippen LogP contribution >= 0.6 is 12.4 Å². The summed E-state index contributed by atoms with van der Waals surface area (Å²) in [6, 6.07) is 0. The van der Waals surface area contributed by atoms with Crippen LogP contribution < -0.4 is 10.6 Å². The lowest BCUT2D eigenvalue weighted by molar-refractivity contribution is -0.133. The SMILES string of the molecule is Cl.O=C(NCC(=O)N1CCCC1)C1CNC1. The zero-order valence-corrected chi connectivity index (χ0v) is 10.0. The summed E-state index contributed by atoms with van der Waals surface area (Å²) in [5, 5.41) is 5.72. The molecular formula is C10H18ClN3O2. The number of halogens is 1. The van der Waals surface area contributed by atoms with Crippen molar-refractivity contribution in [3.63, 3.8) is 0 Å². The van der Waals surface area contributed by atoms with E-state index in [9.17, 15) is 9.59 Å². The van der Waals surface area contributed by atoms with Gasteiger partial charge in [-0.1, -0.05) is 0 Å². The molecule has 2 rings (SSSR count). The lowest BCUT2D eigenvalue weighted by Gasteiger charge is -2.26. The molecule has 0 aliphatic carbocycles. The van der Waals surface area contributed by atoms with E-state index in [0.717, 1.165) is 39.0 Å². The molecule has 6 heteroatoms. The Bertz CT molecular complexity index is 263. The van der Waals surface area contributed by atoms with E-state index >= 15 is 0 Å². The van der Waals surface area contributed by atoms with Crippen LogP contribution in [0, 0.1) is 5.92 Å². The van der Waals surface area contributed by atoms with Gasteiger partial charge in [0.2, 0.25) is 11.8 Å². The number of nitrogens with zero attached hydrogens (tertiary/aromatic N) is 1. The van der Waals surface area contributed by atoms with Crippen LogP contribution in [-0.4, -0.2) is 49.4 Å². The second-order valence-corrected chi connectivity index (χ2v) is 4.16. The molecule has 92 valence electrons. The second-order valence-electron chi connectivity index (χ2n) is 4.16. The van der Waals surface area contributed by atoms with Crippen LogP contribution in [0.25, 0.3) is 0 Å². The second kappa shape index (κ2) is 6.06. The summed E-state index contributed by atoms with van der Waals surface area (Å²) in [5.74, 6) is 0.116. The third-order valence-corrected chi connectivity index (χ3v) is 3.02. The predicted octanol–water partition coefficient (Wildman–Crippen LogP) is -0.634. The molecule has 2 aliphatic rings. The van der Waals surface area contributed by atoms with Crippen LogP contribution in [0.15, 0.2) is 0 Å². The molecule has 0 aromatic rings. The number of carbonyl (C=O) groups is 2. The minimum atomic E-state index is 0. The molecule has 2 amide bonds. The Morgan fingerprint density at radius 3 is 2.38 bits per heavy atom. The lowest BCUT2D eigenvalue weighted by Crippen LogP contribution is -2.52. The summed E-state index contributed by atoms with van der Waals surface area (Å²) in [4.78, 5) is 24.8. The highest BCUT2D eigenvalue weighted by Crippen LogP contribution is 2.07. The van der Waals surface area contributed by atoms with Gasteiger partial charge in [-0.3, -0.25) is 9.59 Å². The molecule has 0 aromatic carbocycles. The first kappa shape index (κ1) is 13.3. The first-order chi connectivity index (χ1) is 7.27. The molecule has 0 atom stereocenters. The smallest absolute Gasteiger partial charge is 0.241 e. The highest BCUT2D eigenvalue weighted by atomic mass is 35.5. The van der Waals surface area contributed by atoms with Gasteiger partial charge in [0.25, 0.3) is 0 Å². The van der Waals surface area contributed by atoms with Crippen molar-refractivity contribution in [1.29, 1.82) is 0 Å². The van der Waals surface area contributed by atoms with Gasteiger partial charge in [0, 0.05) is 26.2 Å². The summed E-state index contributed by atoms with van der Waals surface area (Å²) in [6.07, 6.45) is 2.18. The maximum Gasteiger partial charge on any atom is 0.241 e. The van der Waals surface area contributed by atoms with Gasteiger partial charge < -0.3 is 15.5 Å². The number of likely N-dealkylation sites (tertiary alicyclic amines) is 1. The van der Waals surface area contributed by atoms with Crippen LogP contribution in [0.1, 0.15) is 12.8 Å². The minimum Gasteiger partial charge on any atom is -0.347 e. The van der Waals surface area contributed by atoms with Crippen LogP contribution in [0.4, 0.5) is 0 Å². The largest absolute Gasteiger partial charge is 0.347 e. The van der Waals surface area contributed by atoms with E-state index in [-0.39, 0.29) is 36.7 Å². The normalized spacial score (nSPS) is 19.9. The molecule has 0 bridgehead atoms. The summed E-state index contributed by atoms with van der Waals surface area (Å²) in [7, 11) is 0. The number of nitrogens with one attached hydrogen (secondary N) is 2. The highest BCUT2D eigenvalue weighted by Gasteiger charge is 2.25. The van der Waals surface area contributed by atoms with Crippen molar-refractivity contribution in [2.24, 2.45) is 5.92 Å². The fourth-order valence-electron chi connectivity index (χ4n) is 1.86. The molecule has 0 spiro atoms. The Balaban J connectivity index is 0.00000128. The van der Waals surface area contributed by atoms with Crippen LogP contribution in [0.2, 0.25) is 0 Å². The highest BCUT2D eigenvalue weighted by molar-refractivity contribution is 5.86. The van der Waals surface area contributed by atoms with E-state index in [0.29, 0.717) is 0 Å². The standard InChI is InChI=1S/C10H17N3O2.ClH/c14-9(13-3-1-2-4-13)7-12-10(15)8-5-11-6-8;/h8,11H,1-7H2,(H,12,15);1H. The van der Waals surface area contributed by atoms with E-state index in [1.54, 1.807) is 0 Å². The van der Waals surface area contributed by atoms with Crippen molar-refractivity contribution in [3.8, 4) is 0 Å². The molecule has 16 heavy (non-hydrogen) atoms. The predicted molar refractivity (Wildman–Crippen MR) is 62.4 cm³/mol. The Hall–Kier alpha value is -0.810. The maximum atomic E-state index is 11.6. The fourth-order valence-corrected chi connectivity index (χ4v) is 1.86. The minimum absolute atomic E-state index is 0. The van der Waals surface area contributed by atoms with Crippen LogP contribution in [0.5, 0.6) is 0 Å². The third-order valence-electron chi connectivity index (χ3n) is 3.02. The summed E-state index contributed by atoms with van der Waals surface area (Å²) < 4.78 is 0. The number of amides is 2. The van der Waals surface area contributed by atoms with Crippen molar-refractivity contribution < 1.29 is 9.59 Å². The number of hydrogen-bond acceptors (Lipinski definition) is 3. The maximum absolute atomic E-state index is 11.6. The molecule has 0 radical (unpaired) electrons. The molecule has 0 aromatic heterocycles. The quantitative estimate of drug-likeness (QED) is 0.698. The molecule has 0 unspecified atom stereocenters. The van der Waals surface area contributed by atoms with Crippen molar-refractivity contribution in [3.05, 3.63) is 0 Å². The molecule has 2 aliphatic heterocycles. The van der Waals surface area contributed by atoms with Gasteiger partial charge in [-0.15, -0.1) is 12.4 Å². The summed E-state index contributed by atoms with van der Waals surface area (Å²) in [5.41, 5.74) is 0. The van der Waals surface area contributed by atoms with E-state index in [1.807, 2.05) is 4.90 Å². The zero-order valence-electron chi connectivity index (χ0n) is 9.20.